The zero-order valence-corrected chi connectivity index (χ0v) is 11.7. The van der Waals surface area contributed by atoms with Gasteiger partial charge in [0, 0.05) is 5.92 Å². The Morgan fingerprint density at radius 1 is 1.50 bits per heavy atom. The maximum atomic E-state index is 11.4. The third-order valence-corrected chi connectivity index (χ3v) is 3.03. The van der Waals surface area contributed by atoms with Crippen LogP contribution in [0.4, 0.5) is 0 Å². The van der Waals surface area contributed by atoms with Crippen LogP contribution >= 0.6 is 7.14 Å². The van der Waals surface area contributed by atoms with Gasteiger partial charge in [-0.2, -0.15) is 0 Å². The van der Waals surface area contributed by atoms with Crippen LogP contribution in [-0.4, -0.2) is 54.7 Å². The fourth-order valence-corrected chi connectivity index (χ4v) is 1.88. The van der Waals surface area contributed by atoms with Gasteiger partial charge in [-0.15, -0.1) is 12.3 Å². The van der Waals surface area contributed by atoms with Crippen molar-refractivity contribution in [1.29, 1.82) is 0 Å². The second kappa shape index (κ2) is 7.20. The molecule has 0 fully saturated rings. The Morgan fingerprint density at radius 3 is 2.50 bits per heavy atom. The molecule has 0 aliphatic carbocycles. The summed E-state index contributed by atoms with van der Waals surface area (Å²) in [6.45, 7) is 4.32. The van der Waals surface area contributed by atoms with Crippen molar-refractivity contribution in [3.63, 3.8) is 0 Å². The second-order valence-corrected chi connectivity index (χ2v) is 8.02. The molecule has 0 aliphatic rings. The van der Waals surface area contributed by atoms with Crippen molar-refractivity contribution in [2.24, 2.45) is 5.92 Å². The molecule has 6 nitrogen and oxygen atoms in total. The molecule has 1 atom stereocenters. The lowest BCUT2D eigenvalue weighted by Crippen LogP contribution is -2.40. The quantitative estimate of drug-likeness (QED) is 0.314. The summed E-state index contributed by atoms with van der Waals surface area (Å²) in [7, 11) is -2.46. The summed E-state index contributed by atoms with van der Waals surface area (Å²) in [5.74, 6) is 0.955. The van der Waals surface area contributed by atoms with Gasteiger partial charge < -0.3 is 9.88 Å². The number of nitrogens with one attached hydrogen (secondary N) is 1. The van der Waals surface area contributed by atoms with Gasteiger partial charge in [0.2, 0.25) is 5.91 Å². The second-order valence-electron chi connectivity index (χ2n) is 4.55. The number of carbonyl (C=O) groups excluding carboxylic acids is 2. The Bertz CT molecular complexity index is 396. The van der Waals surface area contributed by atoms with Crippen LogP contribution in [-0.2, 0) is 14.2 Å². The van der Waals surface area contributed by atoms with E-state index in [1.54, 1.807) is 6.92 Å². The van der Waals surface area contributed by atoms with Crippen molar-refractivity contribution < 1.29 is 19.4 Å². The van der Waals surface area contributed by atoms with Crippen LogP contribution < -0.4 is 5.32 Å². The predicted molar refractivity (Wildman–Crippen MR) is 68.8 cm³/mol. The van der Waals surface area contributed by atoms with Crippen molar-refractivity contribution in [3.8, 4) is 12.3 Å². The molecule has 0 aromatic carbocycles. The Balaban J connectivity index is 4.08. The molecule has 7 heteroatoms. The minimum atomic E-state index is -2.46. The molecule has 0 heterocycles. The highest BCUT2D eigenvalue weighted by molar-refractivity contribution is 7.63. The molecule has 2 N–H and O–H groups in total. The highest BCUT2D eigenvalue weighted by Gasteiger charge is 2.17. The molecular weight excluding hydrogens is 255 g/mol. The fourth-order valence-electron chi connectivity index (χ4n) is 1.08. The molecule has 0 radical (unpaired) electrons. The summed E-state index contributed by atoms with van der Waals surface area (Å²) >= 11 is 0. The smallest absolute Gasteiger partial charge is 0.265 e. The summed E-state index contributed by atoms with van der Waals surface area (Å²) in [6.07, 6.45) is 4.99. The lowest BCUT2D eigenvalue weighted by Gasteiger charge is -2.17. The highest BCUT2D eigenvalue weighted by Crippen LogP contribution is 2.34. The van der Waals surface area contributed by atoms with Crippen LogP contribution in [0.1, 0.15) is 6.92 Å². The van der Waals surface area contributed by atoms with Gasteiger partial charge in [0.15, 0.2) is 0 Å². The molecular formula is C11H19N2O4P. The largest absolute Gasteiger partial charge is 0.347 e. The van der Waals surface area contributed by atoms with Crippen molar-refractivity contribution in [1.82, 2.24) is 10.4 Å². The fraction of sp³-hybridized carbons (Fsp3) is 0.636. The summed E-state index contributed by atoms with van der Waals surface area (Å²) < 4.78 is 11.4. The molecule has 0 aliphatic heterocycles. The molecule has 0 aromatic heterocycles. The van der Waals surface area contributed by atoms with Crippen LogP contribution in [0.2, 0.25) is 0 Å². The summed E-state index contributed by atoms with van der Waals surface area (Å²) in [6, 6.07) is 0. The average Bonchev–Trinajstić information content (AvgIpc) is 2.23. The van der Waals surface area contributed by atoms with E-state index in [0.29, 0.717) is 5.06 Å². The molecule has 0 aromatic rings. The van der Waals surface area contributed by atoms with Gasteiger partial charge in [-0.05, 0) is 20.3 Å². The van der Waals surface area contributed by atoms with Crippen molar-refractivity contribution in [2.75, 3.05) is 32.6 Å². The number of nitrogens with zero attached hydrogens (tertiary/aromatic N) is 1. The first-order chi connectivity index (χ1) is 8.15. The van der Waals surface area contributed by atoms with Gasteiger partial charge in [0.05, 0.1) is 26.4 Å². The van der Waals surface area contributed by atoms with E-state index in [4.69, 9.17) is 6.42 Å². The zero-order chi connectivity index (χ0) is 14.3. The summed E-state index contributed by atoms with van der Waals surface area (Å²) in [5.41, 5.74) is 0. The minimum Gasteiger partial charge on any atom is -0.347 e. The van der Waals surface area contributed by atoms with E-state index in [1.165, 1.54) is 13.3 Å². The number of terminal acetylenes is 1. The van der Waals surface area contributed by atoms with Gasteiger partial charge >= 0.3 is 0 Å². The molecule has 1 unspecified atom stereocenters. The highest BCUT2D eigenvalue weighted by atomic mass is 31.2. The molecule has 0 spiro atoms. The normalized spacial score (nSPS) is 12.4. The first kappa shape index (κ1) is 16.7. The van der Waals surface area contributed by atoms with E-state index in [-0.39, 0.29) is 25.2 Å². The van der Waals surface area contributed by atoms with E-state index in [2.05, 4.69) is 11.2 Å². The molecule has 0 bridgehead atoms. The van der Waals surface area contributed by atoms with E-state index in [9.17, 15) is 19.4 Å². The predicted octanol–water partition coefficient (Wildman–Crippen LogP) is 0.212. The van der Waals surface area contributed by atoms with Crippen LogP contribution in [0.15, 0.2) is 0 Å². The Hall–Kier alpha value is -1.31. The third kappa shape index (κ3) is 7.88. The van der Waals surface area contributed by atoms with Gasteiger partial charge in [-0.1, -0.05) is 0 Å². The van der Waals surface area contributed by atoms with E-state index in [0.717, 1.165) is 0 Å². The number of hydrogen-bond donors (Lipinski definition) is 2. The maximum absolute atomic E-state index is 11.4. The third-order valence-electron chi connectivity index (χ3n) is 1.98. The van der Waals surface area contributed by atoms with Crippen LogP contribution in [0.3, 0.4) is 0 Å². The zero-order valence-electron chi connectivity index (χ0n) is 10.8. The maximum Gasteiger partial charge on any atom is 0.265 e. The number of carbonyl (C=O) groups is 2. The Kier molecular flexibility index (Phi) is 6.67. The van der Waals surface area contributed by atoms with Gasteiger partial charge in [-0.25, -0.2) is 5.06 Å². The SMILES string of the molecule is C#CC(C)CN(O)C(=O)CNC(=O)CP(C)(C)=O. The topological polar surface area (TPSA) is 86.7 Å². The lowest BCUT2D eigenvalue weighted by atomic mass is 10.2. The first-order valence-corrected chi connectivity index (χ1v) is 8.20. The average molecular weight is 274 g/mol. The number of hydrogen-bond acceptors (Lipinski definition) is 4. The molecule has 0 saturated carbocycles. The van der Waals surface area contributed by atoms with Crippen molar-refractivity contribution >= 4 is 19.0 Å². The molecule has 0 rings (SSSR count). The Labute approximate surface area is 107 Å². The van der Waals surface area contributed by atoms with E-state index < -0.39 is 19.0 Å². The van der Waals surface area contributed by atoms with Gasteiger partial charge in [-0.3, -0.25) is 14.8 Å². The van der Waals surface area contributed by atoms with E-state index >= 15 is 0 Å². The summed E-state index contributed by atoms with van der Waals surface area (Å²) in [5, 5.41) is 12.1. The Morgan fingerprint density at radius 2 is 2.06 bits per heavy atom. The number of amides is 2. The standard InChI is InChI=1S/C11H19N2O4P/c1-5-9(2)7-13(16)11(15)6-12-10(14)8-18(3,4)17/h1,9,16H,6-8H2,2-4H3,(H,12,14). The summed E-state index contributed by atoms with van der Waals surface area (Å²) in [4.78, 5) is 22.7. The van der Waals surface area contributed by atoms with Gasteiger partial charge in [0.25, 0.3) is 5.91 Å². The molecule has 102 valence electrons. The van der Waals surface area contributed by atoms with Crippen molar-refractivity contribution in [2.45, 2.75) is 6.92 Å². The van der Waals surface area contributed by atoms with Crippen LogP contribution in [0, 0.1) is 18.3 Å². The molecule has 0 saturated heterocycles. The van der Waals surface area contributed by atoms with Crippen LogP contribution in [0.5, 0.6) is 0 Å². The molecule has 2 amide bonds. The number of hydroxylamine groups is 2. The first-order valence-electron chi connectivity index (χ1n) is 5.41. The van der Waals surface area contributed by atoms with Crippen LogP contribution in [0.25, 0.3) is 0 Å². The number of rotatable bonds is 6. The lowest BCUT2D eigenvalue weighted by molar-refractivity contribution is -0.165. The van der Waals surface area contributed by atoms with Gasteiger partial charge in [0.1, 0.15) is 0 Å². The van der Waals surface area contributed by atoms with Crippen molar-refractivity contribution in [3.05, 3.63) is 0 Å². The minimum absolute atomic E-state index is 0.00521. The molecule has 18 heavy (non-hydrogen) atoms. The van der Waals surface area contributed by atoms with E-state index in [1.807, 2.05) is 0 Å². The monoisotopic (exact) mass is 274 g/mol.